The number of ether oxygens (including phenoxy) is 3. The van der Waals surface area contributed by atoms with Gasteiger partial charge in [0.15, 0.2) is 17.3 Å². The summed E-state index contributed by atoms with van der Waals surface area (Å²) in [6, 6.07) is 8.45. The molecule has 1 aliphatic heterocycles. The number of carbonyl (C=O) groups excluding carboxylic acids is 1. The van der Waals surface area contributed by atoms with Gasteiger partial charge in [0, 0.05) is 12.6 Å². The zero-order valence-corrected chi connectivity index (χ0v) is 12.6. The van der Waals surface area contributed by atoms with Crippen LogP contribution >= 0.6 is 0 Å². The molecular formula is C16H17NO6. The molecule has 0 bridgehead atoms. The summed E-state index contributed by atoms with van der Waals surface area (Å²) in [5, 5.41) is 12.5. The Labute approximate surface area is 132 Å². The van der Waals surface area contributed by atoms with Gasteiger partial charge in [-0.15, -0.1) is 0 Å². The standard InChI is InChI=1S/C16H17NO6/c1-10-2-4-14(23-10)16(19)17-7-11(18)8-20-12-3-5-13-15(6-12)22-9-21-13/h2-6,11,18H,7-9H2,1H3,(H,17,19). The number of fused-ring (bicyclic) bond motifs is 1. The third-order valence-corrected chi connectivity index (χ3v) is 3.25. The Bertz CT molecular complexity index is 696. The second-order valence-corrected chi connectivity index (χ2v) is 5.10. The third-order valence-electron chi connectivity index (χ3n) is 3.25. The SMILES string of the molecule is Cc1ccc(C(=O)NCC(O)COc2ccc3c(c2)OCO3)o1. The molecule has 1 atom stereocenters. The van der Waals surface area contributed by atoms with Gasteiger partial charge in [-0.3, -0.25) is 4.79 Å². The van der Waals surface area contributed by atoms with E-state index < -0.39 is 6.10 Å². The lowest BCUT2D eigenvalue weighted by molar-refractivity contribution is 0.0821. The molecule has 0 radical (unpaired) electrons. The average Bonchev–Trinajstić information content (AvgIpc) is 3.18. The molecule has 1 aromatic carbocycles. The second kappa shape index (κ2) is 6.62. The van der Waals surface area contributed by atoms with Crippen molar-refractivity contribution in [3.05, 3.63) is 41.9 Å². The molecule has 2 heterocycles. The fourth-order valence-corrected chi connectivity index (χ4v) is 2.07. The molecule has 7 heteroatoms. The molecule has 23 heavy (non-hydrogen) atoms. The normalized spacial score (nSPS) is 13.7. The predicted molar refractivity (Wildman–Crippen MR) is 79.8 cm³/mol. The molecule has 0 saturated carbocycles. The molecule has 0 aliphatic carbocycles. The largest absolute Gasteiger partial charge is 0.491 e. The topological polar surface area (TPSA) is 90.2 Å². The van der Waals surface area contributed by atoms with Gasteiger partial charge >= 0.3 is 0 Å². The van der Waals surface area contributed by atoms with Gasteiger partial charge in [0.2, 0.25) is 6.79 Å². The fraction of sp³-hybridized carbons (Fsp3) is 0.312. The minimum Gasteiger partial charge on any atom is -0.491 e. The first kappa shape index (κ1) is 15.2. The summed E-state index contributed by atoms with van der Waals surface area (Å²) in [6.45, 7) is 2.05. The number of furan rings is 1. The molecule has 1 aliphatic rings. The van der Waals surface area contributed by atoms with Crippen LogP contribution in [0.25, 0.3) is 0 Å². The zero-order valence-electron chi connectivity index (χ0n) is 12.6. The van der Waals surface area contributed by atoms with Crippen LogP contribution in [0.15, 0.2) is 34.7 Å². The highest BCUT2D eigenvalue weighted by Gasteiger charge is 2.15. The van der Waals surface area contributed by atoms with Crippen molar-refractivity contribution in [3.8, 4) is 17.2 Å². The maximum Gasteiger partial charge on any atom is 0.287 e. The molecule has 0 saturated heterocycles. The van der Waals surface area contributed by atoms with Crippen molar-refractivity contribution < 1.29 is 28.5 Å². The summed E-state index contributed by atoms with van der Waals surface area (Å²) < 4.78 is 21.1. The van der Waals surface area contributed by atoms with E-state index in [0.29, 0.717) is 23.0 Å². The summed E-state index contributed by atoms with van der Waals surface area (Å²) >= 11 is 0. The Morgan fingerprint density at radius 2 is 2.13 bits per heavy atom. The summed E-state index contributed by atoms with van der Waals surface area (Å²) in [5.74, 6) is 2.33. The van der Waals surface area contributed by atoms with E-state index >= 15 is 0 Å². The molecule has 2 N–H and O–H groups in total. The van der Waals surface area contributed by atoms with Crippen molar-refractivity contribution in [2.75, 3.05) is 19.9 Å². The molecule has 0 fully saturated rings. The van der Waals surface area contributed by atoms with Crippen molar-refractivity contribution in [1.29, 1.82) is 0 Å². The number of amides is 1. The van der Waals surface area contributed by atoms with E-state index in [1.807, 2.05) is 0 Å². The number of benzene rings is 1. The number of aliphatic hydroxyl groups excluding tert-OH is 1. The maximum atomic E-state index is 11.8. The van der Waals surface area contributed by atoms with Gasteiger partial charge in [-0.1, -0.05) is 0 Å². The number of aryl methyl sites for hydroxylation is 1. The van der Waals surface area contributed by atoms with E-state index in [1.165, 1.54) is 0 Å². The van der Waals surface area contributed by atoms with Gasteiger partial charge in [-0.25, -0.2) is 0 Å². The molecule has 1 aromatic heterocycles. The van der Waals surface area contributed by atoms with Gasteiger partial charge in [0.1, 0.15) is 24.2 Å². The van der Waals surface area contributed by atoms with Crippen molar-refractivity contribution in [3.63, 3.8) is 0 Å². The summed E-state index contributed by atoms with van der Waals surface area (Å²) in [7, 11) is 0. The Kier molecular flexibility index (Phi) is 4.38. The summed E-state index contributed by atoms with van der Waals surface area (Å²) in [6.07, 6.45) is -0.847. The van der Waals surface area contributed by atoms with Gasteiger partial charge < -0.3 is 29.1 Å². The first-order valence-corrected chi connectivity index (χ1v) is 7.17. The van der Waals surface area contributed by atoms with Crippen LogP contribution in [0.4, 0.5) is 0 Å². The molecule has 122 valence electrons. The first-order valence-electron chi connectivity index (χ1n) is 7.17. The molecule has 2 aromatic rings. The monoisotopic (exact) mass is 319 g/mol. The smallest absolute Gasteiger partial charge is 0.287 e. The molecule has 1 amide bonds. The number of rotatable bonds is 6. The second-order valence-electron chi connectivity index (χ2n) is 5.10. The minimum atomic E-state index is -0.847. The van der Waals surface area contributed by atoms with Crippen LogP contribution < -0.4 is 19.5 Å². The highest BCUT2D eigenvalue weighted by atomic mass is 16.7. The molecule has 7 nitrogen and oxygen atoms in total. The maximum absolute atomic E-state index is 11.8. The van der Waals surface area contributed by atoms with Crippen molar-refractivity contribution >= 4 is 5.91 Å². The molecular weight excluding hydrogens is 302 g/mol. The lowest BCUT2D eigenvalue weighted by atomic mass is 10.3. The Balaban J connectivity index is 1.44. The van der Waals surface area contributed by atoms with Crippen LogP contribution in [-0.2, 0) is 0 Å². The highest BCUT2D eigenvalue weighted by Crippen LogP contribution is 2.35. The van der Waals surface area contributed by atoms with E-state index in [9.17, 15) is 9.90 Å². The number of aliphatic hydroxyl groups is 1. The number of hydrogen-bond donors (Lipinski definition) is 2. The number of carbonyl (C=O) groups is 1. The Morgan fingerprint density at radius 3 is 2.91 bits per heavy atom. The highest BCUT2D eigenvalue weighted by molar-refractivity contribution is 5.91. The van der Waals surface area contributed by atoms with E-state index in [1.54, 1.807) is 37.3 Å². The zero-order chi connectivity index (χ0) is 16.2. The Hall–Kier alpha value is -2.67. The van der Waals surface area contributed by atoms with Crippen LogP contribution in [0, 0.1) is 6.92 Å². The van der Waals surface area contributed by atoms with E-state index in [2.05, 4.69) is 5.32 Å². The van der Waals surface area contributed by atoms with Crippen molar-refractivity contribution in [2.45, 2.75) is 13.0 Å². The first-order chi connectivity index (χ1) is 11.1. The number of nitrogens with one attached hydrogen (secondary N) is 1. The van der Waals surface area contributed by atoms with E-state index in [4.69, 9.17) is 18.6 Å². The summed E-state index contributed by atoms with van der Waals surface area (Å²) in [5.41, 5.74) is 0. The van der Waals surface area contributed by atoms with Gasteiger partial charge in [0.05, 0.1) is 0 Å². The van der Waals surface area contributed by atoms with Crippen LogP contribution in [-0.4, -0.2) is 37.1 Å². The molecule has 3 rings (SSSR count). The Morgan fingerprint density at radius 1 is 1.30 bits per heavy atom. The van der Waals surface area contributed by atoms with Crippen LogP contribution in [0.3, 0.4) is 0 Å². The van der Waals surface area contributed by atoms with Crippen LogP contribution in [0.1, 0.15) is 16.3 Å². The van der Waals surface area contributed by atoms with Crippen molar-refractivity contribution in [1.82, 2.24) is 5.32 Å². The number of hydrogen-bond acceptors (Lipinski definition) is 6. The molecule has 1 unspecified atom stereocenters. The van der Waals surface area contributed by atoms with Crippen molar-refractivity contribution in [2.24, 2.45) is 0 Å². The summed E-state index contributed by atoms with van der Waals surface area (Å²) in [4.78, 5) is 11.8. The van der Waals surface area contributed by atoms with Gasteiger partial charge in [-0.2, -0.15) is 0 Å². The quantitative estimate of drug-likeness (QED) is 0.838. The van der Waals surface area contributed by atoms with Crippen LogP contribution in [0.5, 0.6) is 17.2 Å². The van der Waals surface area contributed by atoms with Gasteiger partial charge in [-0.05, 0) is 31.2 Å². The van der Waals surface area contributed by atoms with Gasteiger partial charge in [0.25, 0.3) is 5.91 Å². The average molecular weight is 319 g/mol. The lowest BCUT2D eigenvalue weighted by Gasteiger charge is -2.13. The minimum absolute atomic E-state index is 0.0388. The molecule has 0 spiro atoms. The predicted octanol–water partition coefficient (Wildman–Crippen LogP) is 1.49. The van der Waals surface area contributed by atoms with Crippen LogP contribution in [0.2, 0.25) is 0 Å². The van der Waals surface area contributed by atoms with E-state index in [0.717, 1.165) is 0 Å². The van der Waals surface area contributed by atoms with E-state index in [-0.39, 0.29) is 31.6 Å². The fourth-order valence-electron chi connectivity index (χ4n) is 2.07. The lowest BCUT2D eigenvalue weighted by Crippen LogP contribution is -2.35. The third kappa shape index (κ3) is 3.75.